The Balaban J connectivity index is 1.20. The molecule has 0 bridgehead atoms. The van der Waals surface area contributed by atoms with Crippen molar-refractivity contribution in [1.82, 2.24) is 14.6 Å². The molecule has 3 aromatic rings. The molecular formula is C25H29N3O4S2. The molecule has 0 spiro atoms. The second-order valence-electron chi connectivity index (χ2n) is 8.68. The molecule has 1 N–H and O–H groups in total. The highest BCUT2D eigenvalue weighted by Crippen LogP contribution is 2.50. The summed E-state index contributed by atoms with van der Waals surface area (Å²) < 4.78 is 18.1. The van der Waals surface area contributed by atoms with Crippen LogP contribution in [-0.2, 0) is 5.60 Å². The Morgan fingerprint density at radius 1 is 0.882 bits per heavy atom. The van der Waals surface area contributed by atoms with Crippen LogP contribution in [0, 0.1) is 0 Å². The first-order valence-electron chi connectivity index (χ1n) is 11.5. The summed E-state index contributed by atoms with van der Waals surface area (Å²) in [6, 6.07) is 15.9. The lowest BCUT2D eigenvalue weighted by Gasteiger charge is -2.39. The van der Waals surface area contributed by atoms with Crippen molar-refractivity contribution < 1.29 is 19.2 Å². The fraction of sp³-hybridized carbons (Fsp3) is 0.440. The summed E-state index contributed by atoms with van der Waals surface area (Å²) in [6.45, 7) is 1.63. The molecular weight excluding hydrogens is 470 g/mol. The second kappa shape index (κ2) is 10.2. The maximum absolute atomic E-state index is 11.2. The van der Waals surface area contributed by atoms with Crippen LogP contribution in [0.2, 0.25) is 0 Å². The van der Waals surface area contributed by atoms with E-state index >= 15 is 0 Å². The van der Waals surface area contributed by atoms with Gasteiger partial charge in [0.1, 0.15) is 22.9 Å². The van der Waals surface area contributed by atoms with Gasteiger partial charge in [0.05, 0.1) is 30.3 Å². The molecule has 0 radical (unpaired) electrons. The molecule has 1 fully saturated rings. The Kier molecular flexibility index (Phi) is 7.06. The molecule has 180 valence electrons. The molecule has 2 atom stereocenters. The van der Waals surface area contributed by atoms with Crippen LogP contribution in [0.5, 0.6) is 11.5 Å². The molecule has 2 heterocycles. The Hall–Kier alpha value is -2.20. The second-order valence-corrected chi connectivity index (χ2v) is 11.2. The van der Waals surface area contributed by atoms with Gasteiger partial charge >= 0.3 is 0 Å². The molecule has 5 rings (SSSR count). The van der Waals surface area contributed by atoms with E-state index in [0.717, 1.165) is 54.4 Å². The van der Waals surface area contributed by atoms with Gasteiger partial charge in [-0.2, -0.15) is 0 Å². The Labute approximate surface area is 208 Å². The van der Waals surface area contributed by atoms with Crippen LogP contribution in [0.25, 0.3) is 0 Å². The van der Waals surface area contributed by atoms with Gasteiger partial charge in [-0.1, -0.05) is 34.4 Å². The van der Waals surface area contributed by atoms with Gasteiger partial charge in [0.15, 0.2) is 0 Å². The summed E-state index contributed by atoms with van der Waals surface area (Å²) in [5.74, 6) is 1.66. The van der Waals surface area contributed by atoms with Gasteiger partial charge in [0.2, 0.25) is 0 Å². The number of hydrogen-bond acceptors (Lipinski definition) is 9. The maximum atomic E-state index is 11.2. The van der Waals surface area contributed by atoms with Crippen LogP contribution in [0.1, 0.15) is 53.1 Å². The molecule has 1 aliphatic heterocycles. The monoisotopic (exact) mass is 499 g/mol. The van der Waals surface area contributed by atoms with Crippen LogP contribution < -0.4 is 9.47 Å². The highest BCUT2D eigenvalue weighted by atomic mass is 32.2. The molecule has 2 aliphatic rings. The molecule has 0 saturated carbocycles. The lowest BCUT2D eigenvalue weighted by molar-refractivity contribution is -0.00818. The van der Waals surface area contributed by atoms with Crippen molar-refractivity contribution in [2.45, 2.75) is 46.7 Å². The summed E-state index contributed by atoms with van der Waals surface area (Å²) in [4.78, 5) is 1.18. The summed E-state index contributed by atoms with van der Waals surface area (Å²) >= 11 is 3.61. The number of fused-ring (bicyclic) bond motifs is 1. The first-order valence-corrected chi connectivity index (χ1v) is 13.2. The van der Waals surface area contributed by atoms with Gasteiger partial charge in [-0.15, -0.1) is 11.8 Å². The van der Waals surface area contributed by atoms with Crippen molar-refractivity contribution in [1.29, 1.82) is 0 Å². The van der Waals surface area contributed by atoms with Gasteiger partial charge < -0.3 is 14.6 Å². The third-order valence-corrected chi connectivity index (χ3v) is 9.30. The zero-order valence-corrected chi connectivity index (χ0v) is 21.0. The van der Waals surface area contributed by atoms with Crippen molar-refractivity contribution in [2.75, 3.05) is 27.3 Å². The van der Waals surface area contributed by atoms with E-state index in [1.165, 1.54) is 4.90 Å². The van der Waals surface area contributed by atoms with E-state index in [2.05, 4.69) is 26.8 Å². The third kappa shape index (κ3) is 4.93. The topological polar surface area (TPSA) is 80.9 Å². The zero-order chi connectivity index (χ0) is 23.5. The minimum atomic E-state index is -0.795. The van der Waals surface area contributed by atoms with Gasteiger partial charge in [0, 0.05) is 18.0 Å². The minimum absolute atomic E-state index is 0.223. The number of methoxy groups -OCH3 is 2. The molecule has 2 aromatic carbocycles. The molecule has 2 unspecified atom stereocenters. The normalized spacial score (nSPS) is 22.2. The number of nitrogens with zero attached hydrogens (tertiary/aromatic N) is 3. The van der Waals surface area contributed by atoms with Crippen molar-refractivity contribution in [3.05, 3.63) is 65.5 Å². The van der Waals surface area contributed by atoms with Crippen molar-refractivity contribution >= 4 is 23.7 Å². The van der Waals surface area contributed by atoms with E-state index in [-0.39, 0.29) is 10.5 Å². The fourth-order valence-electron chi connectivity index (χ4n) is 4.59. The standard InChI is InChI=1S/C25H29N3O4S2/c1-30-18-5-3-17(4-6-18)25(29)13-15-28(16-14-25)34-22-12-11-21(23-24(22)27-32-26-23)33-20-9-7-19(31-2)8-10-20/h3-10,21-22,29H,11-16H2,1-2H3. The van der Waals surface area contributed by atoms with Crippen LogP contribution in [0.3, 0.4) is 0 Å². The molecule has 1 saturated heterocycles. The lowest BCUT2D eigenvalue weighted by atomic mass is 9.85. The Bertz CT molecular complexity index is 1080. The highest BCUT2D eigenvalue weighted by Gasteiger charge is 2.38. The Morgan fingerprint density at radius 2 is 1.44 bits per heavy atom. The lowest BCUT2D eigenvalue weighted by Crippen LogP contribution is -2.40. The smallest absolute Gasteiger partial charge is 0.123 e. The first kappa shape index (κ1) is 23.5. The number of aliphatic hydroxyl groups is 1. The first-order chi connectivity index (χ1) is 16.6. The van der Waals surface area contributed by atoms with E-state index in [1.807, 2.05) is 48.3 Å². The van der Waals surface area contributed by atoms with Crippen molar-refractivity contribution in [3.63, 3.8) is 0 Å². The van der Waals surface area contributed by atoms with E-state index in [0.29, 0.717) is 12.8 Å². The number of thioether (sulfide) groups is 1. The molecule has 7 nitrogen and oxygen atoms in total. The molecule has 9 heteroatoms. The van der Waals surface area contributed by atoms with Gasteiger partial charge in [-0.25, -0.2) is 8.93 Å². The van der Waals surface area contributed by atoms with Crippen LogP contribution >= 0.6 is 23.7 Å². The summed E-state index contributed by atoms with van der Waals surface area (Å²) in [7, 11) is 3.33. The Morgan fingerprint density at radius 3 is 2.06 bits per heavy atom. The van der Waals surface area contributed by atoms with E-state index in [9.17, 15) is 5.11 Å². The minimum Gasteiger partial charge on any atom is -0.497 e. The van der Waals surface area contributed by atoms with Crippen molar-refractivity contribution in [2.24, 2.45) is 0 Å². The van der Waals surface area contributed by atoms with Crippen LogP contribution in [0.15, 0.2) is 58.1 Å². The largest absolute Gasteiger partial charge is 0.497 e. The van der Waals surface area contributed by atoms with Crippen LogP contribution in [-0.4, -0.2) is 47.0 Å². The zero-order valence-electron chi connectivity index (χ0n) is 19.3. The third-order valence-electron chi connectivity index (χ3n) is 6.63. The summed E-state index contributed by atoms with van der Waals surface area (Å²) in [6.07, 6.45) is 3.41. The number of aromatic nitrogens is 2. The predicted octanol–water partition coefficient (Wildman–Crippen LogP) is 5.39. The van der Waals surface area contributed by atoms with E-state index in [4.69, 9.17) is 14.1 Å². The summed E-state index contributed by atoms with van der Waals surface area (Å²) in [5, 5.41) is 20.3. The predicted molar refractivity (Wildman–Crippen MR) is 133 cm³/mol. The van der Waals surface area contributed by atoms with Gasteiger partial charge in [-0.3, -0.25) is 0 Å². The molecule has 34 heavy (non-hydrogen) atoms. The fourth-order valence-corrected chi connectivity index (χ4v) is 7.00. The number of ether oxygens (including phenoxy) is 2. The number of hydrogen-bond donors (Lipinski definition) is 1. The van der Waals surface area contributed by atoms with Crippen LogP contribution in [0.4, 0.5) is 0 Å². The summed E-state index contributed by atoms with van der Waals surface area (Å²) in [5.41, 5.74) is 2.07. The maximum Gasteiger partial charge on any atom is 0.123 e. The molecule has 0 amide bonds. The average molecular weight is 500 g/mol. The van der Waals surface area contributed by atoms with E-state index in [1.54, 1.807) is 26.0 Å². The molecule has 1 aliphatic carbocycles. The average Bonchev–Trinajstić information content (AvgIpc) is 3.38. The quantitative estimate of drug-likeness (QED) is 0.431. The van der Waals surface area contributed by atoms with Crippen molar-refractivity contribution in [3.8, 4) is 11.5 Å². The number of piperidine rings is 1. The highest BCUT2D eigenvalue weighted by molar-refractivity contribution is 7.99. The van der Waals surface area contributed by atoms with Gasteiger partial charge in [-0.05, 0) is 67.6 Å². The number of benzene rings is 2. The molecule has 1 aromatic heterocycles. The number of rotatable bonds is 7. The SMILES string of the molecule is COc1ccc(SC2CCC(SN3CCC(O)(c4ccc(OC)cc4)CC3)c3nonc32)cc1. The van der Waals surface area contributed by atoms with E-state index < -0.39 is 5.60 Å². The van der Waals surface area contributed by atoms with Gasteiger partial charge in [0.25, 0.3) is 0 Å².